The molecule has 0 N–H and O–H groups in total. The van der Waals surface area contributed by atoms with Crippen molar-refractivity contribution in [3.8, 4) is 17.8 Å². The predicted molar refractivity (Wildman–Crippen MR) is 292 cm³/mol. The smallest absolute Gasteiger partial charge is 0.241 e. The van der Waals surface area contributed by atoms with Gasteiger partial charge >= 0.3 is 0 Å². The molecule has 0 atom stereocenters. The molecule has 6 heteroatoms. The molecule has 6 aliphatic carbocycles. The summed E-state index contributed by atoms with van der Waals surface area (Å²) in [6, 6.07) is 80.9. The third kappa shape index (κ3) is 4.73. The van der Waals surface area contributed by atoms with E-state index in [0.717, 1.165) is 43.9 Å². The van der Waals surface area contributed by atoms with Gasteiger partial charge in [0.2, 0.25) is 17.8 Å². The van der Waals surface area contributed by atoms with Gasteiger partial charge in [-0.3, -0.25) is 13.7 Å². The zero-order chi connectivity index (χ0) is 47.2. The van der Waals surface area contributed by atoms with E-state index in [9.17, 15) is 0 Å². The summed E-state index contributed by atoms with van der Waals surface area (Å²) < 4.78 is 6.87. The van der Waals surface area contributed by atoms with Crippen LogP contribution < -0.4 is 0 Å². The molecule has 0 fully saturated rings. The number of benzene rings is 10. The van der Waals surface area contributed by atoms with Gasteiger partial charge in [0.15, 0.2) is 0 Å². The maximum atomic E-state index is 5.74. The molecule has 4 bridgehead atoms. The van der Waals surface area contributed by atoms with E-state index in [0.29, 0.717) is 17.8 Å². The zero-order valence-corrected chi connectivity index (χ0v) is 39.3. The van der Waals surface area contributed by atoms with Crippen LogP contribution in [-0.2, 0) is 0 Å². The van der Waals surface area contributed by atoms with Crippen LogP contribution in [0, 0.1) is 0 Å². The van der Waals surface area contributed by atoms with Crippen molar-refractivity contribution in [2.75, 3.05) is 0 Å². The summed E-state index contributed by atoms with van der Waals surface area (Å²) in [5.41, 5.74) is 23.1. The predicted octanol–water partition coefficient (Wildman–Crippen LogP) is 15.1. The zero-order valence-electron chi connectivity index (χ0n) is 39.3. The van der Waals surface area contributed by atoms with Crippen LogP contribution >= 0.6 is 0 Å². The molecule has 338 valence electrons. The summed E-state index contributed by atoms with van der Waals surface area (Å²) in [5, 5.41) is 7.20. The lowest BCUT2D eigenvalue weighted by Crippen LogP contribution is -2.27. The molecule has 20 rings (SSSR count). The van der Waals surface area contributed by atoms with E-state index in [4.69, 9.17) is 15.0 Å². The lowest BCUT2D eigenvalue weighted by molar-refractivity contribution is 0.760. The van der Waals surface area contributed by atoms with Crippen LogP contribution in [0.3, 0.4) is 0 Å². The van der Waals surface area contributed by atoms with Gasteiger partial charge in [-0.2, -0.15) is 15.0 Å². The molecule has 0 radical (unpaired) electrons. The maximum Gasteiger partial charge on any atom is 0.241 e. The Labute approximate surface area is 418 Å². The van der Waals surface area contributed by atoms with Crippen molar-refractivity contribution >= 4 is 65.4 Å². The fraction of sp³-hybridized carbons (Fsp3) is 0.0597. The Balaban J connectivity index is 0.953. The lowest BCUT2D eigenvalue weighted by atomic mass is 9.60. The summed E-state index contributed by atoms with van der Waals surface area (Å²) in [6.07, 6.45) is 0. The first-order valence-corrected chi connectivity index (χ1v) is 25.5. The Morgan fingerprint density at radius 1 is 0.219 bits per heavy atom. The van der Waals surface area contributed by atoms with E-state index in [1.54, 1.807) is 0 Å². The van der Waals surface area contributed by atoms with E-state index in [1.807, 2.05) is 0 Å². The van der Waals surface area contributed by atoms with Crippen LogP contribution in [0.4, 0.5) is 0 Å². The van der Waals surface area contributed by atoms with Gasteiger partial charge in [0.25, 0.3) is 0 Å². The largest absolute Gasteiger partial charge is 0.278 e. The van der Waals surface area contributed by atoms with Crippen LogP contribution in [0.15, 0.2) is 218 Å². The van der Waals surface area contributed by atoms with Gasteiger partial charge in [0.05, 0.1) is 33.1 Å². The number of nitrogens with zero attached hydrogens (tertiary/aromatic N) is 6. The molecule has 73 heavy (non-hydrogen) atoms. The summed E-state index contributed by atoms with van der Waals surface area (Å²) in [4.78, 5) is 17.1. The molecule has 0 unspecified atom stereocenters. The van der Waals surface area contributed by atoms with Gasteiger partial charge in [0, 0.05) is 56.0 Å². The van der Waals surface area contributed by atoms with Gasteiger partial charge in [0.1, 0.15) is 0 Å². The summed E-state index contributed by atoms with van der Waals surface area (Å²) in [6.45, 7) is 0. The van der Waals surface area contributed by atoms with Gasteiger partial charge in [-0.1, -0.05) is 182 Å². The third-order valence-corrected chi connectivity index (χ3v) is 17.3. The van der Waals surface area contributed by atoms with Crippen molar-refractivity contribution in [1.82, 2.24) is 28.7 Å². The highest BCUT2D eigenvalue weighted by Crippen LogP contribution is 2.60. The average Bonchev–Trinajstić information content (AvgIpc) is 4.11. The minimum absolute atomic E-state index is 0.0927. The average molecular weight is 929 g/mol. The highest BCUT2D eigenvalue weighted by atomic mass is 15.3. The minimum Gasteiger partial charge on any atom is -0.278 e. The molecule has 0 aliphatic heterocycles. The first-order valence-electron chi connectivity index (χ1n) is 25.5. The molecule has 0 spiro atoms. The van der Waals surface area contributed by atoms with E-state index < -0.39 is 0 Å². The Bertz CT molecular complexity index is 4400. The normalized spacial score (nSPS) is 17.6. The van der Waals surface area contributed by atoms with Gasteiger partial charge in [-0.05, 0) is 103 Å². The Hall–Kier alpha value is -9.39. The second-order valence-electron chi connectivity index (χ2n) is 20.5. The first kappa shape index (κ1) is 38.4. The Kier molecular flexibility index (Phi) is 7.21. The van der Waals surface area contributed by atoms with Crippen LogP contribution in [-0.4, -0.2) is 28.7 Å². The molecule has 0 saturated carbocycles. The highest BCUT2D eigenvalue weighted by Gasteiger charge is 2.44. The van der Waals surface area contributed by atoms with Gasteiger partial charge in [-0.15, -0.1) is 0 Å². The highest BCUT2D eigenvalue weighted by molar-refractivity contribution is 6.14. The number of para-hydroxylation sites is 4. The summed E-state index contributed by atoms with van der Waals surface area (Å²) in [5.74, 6) is 2.20. The number of rotatable bonds is 3. The van der Waals surface area contributed by atoms with Crippen LogP contribution in [0.5, 0.6) is 0 Å². The Morgan fingerprint density at radius 2 is 0.479 bits per heavy atom. The molecule has 6 nitrogen and oxygen atoms in total. The van der Waals surface area contributed by atoms with Crippen molar-refractivity contribution < 1.29 is 0 Å². The fourth-order valence-corrected chi connectivity index (χ4v) is 14.7. The van der Waals surface area contributed by atoms with Crippen molar-refractivity contribution in [3.05, 3.63) is 285 Å². The topological polar surface area (TPSA) is 53.5 Å². The maximum absolute atomic E-state index is 5.74. The Morgan fingerprint density at radius 3 is 0.822 bits per heavy atom. The number of hydrogen-bond donors (Lipinski definition) is 0. The second-order valence-corrected chi connectivity index (χ2v) is 20.5. The second kappa shape index (κ2) is 13.7. The molecule has 0 amide bonds. The van der Waals surface area contributed by atoms with Crippen molar-refractivity contribution in [3.63, 3.8) is 0 Å². The summed E-state index contributed by atoms with van der Waals surface area (Å²) in [7, 11) is 0. The number of fused-ring (bicyclic) bond motifs is 9. The van der Waals surface area contributed by atoms with E-state index in [2.05, 4.69) is 232 Å². The standard InChI is InChI=1S/C67H40N6/c1-5-23-43-39(19-1)57-40-20-2-6-24-44(40)59(43)63-49(57)33-35-55-61(63)47-27-11-15-31-53(47)72(55)66-68-65(71-51-29-13-9-17-37(51)38-18-10-14-30-52(38)71)69-67(70-66)73-54-32-16-12-28-48(54)62-56(73)36-34-50-58-41-21-3-7-25-45(41)60(64(50)62)46-26-8-4-22-42(46)58/h1-36,57-60H. The van der Waals surface area contributed by atoms with Gasteiger partial charge in [-0.25, -0.2) is 0 Å². The lowest BCUT2D eigenvalue weighted by Gasteiger charge is -2.42. The van der Waals surface area contributed by atoms with Crippen molar-refractivity contribution in [2.24, 2.45) is 0 Å². The van der Waals surface area contributed by atoms with Gasteiger partial charge < -0.3 is 0 Å². The van der Waals surface area contributed by atoms with E-state index >= 15 is 0 Å². The van der Waals surface area contributed by atoms with Crippen LogP contribution in [0.1, 0.15) is 90.4 Å². The van der Waals surface area contributed by atoms with Crippen molar-refractivity contribution in [2.45, 2.75) is 23.7 Å². The molecule has 14 aromatic rings. The first-order chi connectivity index (χ1) is 36.3. The number of hydrogen-bond acceptors (Lipinski definition) is 3. The van der Waals surface area contributed by atoms with Crippen molar-refractivity contribution in [1.29, 1.82) is 0 Å². The third-order valence-electron chi connectivity index (χ3n) is 17.3. The number of aromatic nitrogens is 6. The van der Waals surface area contributed by atoms with Crippen LogP contribution in [0.25, 0.3) is 83.3 Å². The van der Waals surface area contributed by atoms with E-state index in [-0.39, 0.29) is 23.7 Å². The molecule has 10 aromatic carbocycles. The monoisotopic (exact) mass is 928 g/mol. The fourth-order valence-electron chi connectivity index (χ4n) is 14.7. The van der Waals surface area contributed by atoms with Crippen LogP contribution in [0.2, 0.25) is 0 Å². The quantitative estimate of drug-likeness (QED) is 0.177. The minimum atomic E-state index is 0.0927. The summed E-state index contributed by atoms with van der Waals surface area (Å²) >= 11 is 0. The molecule has 4 aromatic heterocycles. The molecular formula is C67H40N6. The SMILES string of the molecule is c1ccc2c(c1)C1c3ccccc3C2c2c1ccc1c2c2ccccc2n1-c1nc(-n2c3ccccc3c3ccccc32)nc(-n2c3ccccc3c3c4c(ccc32)C2c3ccccc3C4c3ccccc32)n1. The molecule has 6 aliphatic rings. The molecule has 0 saturated heterocycles. The molecule has 4 heterocycles. The van der Waals surface area contributed by atoms with E-state index in [1.165, 1.54) is 88.3 Å². The molecular weight excluding hydrogens is 889 g/mol.